The van der Waals surface area contributed by atoms with E-state index in [-0.39, 0.29) is 37.0 Å². The quantitative estimate of drug-likeness (QED) is 0.751. The third kappa shape index (κ3) is 3.51. The van der Waals surface area contributed by atoms with Crippen LogP contribution in [0.25, 0.3) is 0 Å². The molecule has 22 heavy (non-hydrogen) atoms. The molecule has 7 nitrogen and oxygen atoms in total. The van der Waals surface area contributed by atoms with Gasteiger partial charge in [0.1, 0.15) is 6.04 Å². The van der Waals surface area contributed by atoms with Gasteiger partial charge in [-0.05, 0) is 26.7 Å². The van der Waals surface area contributed by atoms with E-state index < -0.39 is 12.0 Å². The molecular formula is C15H25N3O4. The van der Waals surface area contributed by atoms with E-state index >= 15 is 0 Å². The maximum atomic E-state index is 12.4. The number of rotatable bonds is 4. The van der Waals surface area contributed by atoms with Crippen LogP contribution in [0.1, 0.15) is 46.0 Å². The summed E-state index contributed by atoms with van der Waals surface area (Å²) in [4.78, 5) is 38.2. The first-order valence-corrected chi connectivity index (χ1v) is 8.10. The molecular weight excluding hydrogens is 286 g/mol. The van der Waals surface area contributed by atoms with Crippen LogP contribution in [0, 0.1) is 0 Å². The Morgan fingerprint density at radius 1 is 1.32 bits per heavy atom. The van der Waals surface area contributed by atoms with Crippen molar-refractivity contribution in [1.29, 1.82) is 0 Å². The zero-order chi connectivity index (χ0) is 16.1. The second-order valence-electron chi connectivity index (χ2n) is 5.73. The number of nitrogens with zero attached hydrogens (tertiary/aromatic N) is 1. The zero-order valence-electron chi connectivity index (χ0n) is 13.3. The standard InChI is InChI=1S/C15H25N3O4/c1-3-16-15(21)18-11-8-6-5-7-10(11)17-14(20)12(18)9-13(19)22-4-2/h10-12H,3-9H2,1-2H3,(H,16,21)(H,17,20)/t10-,11+,12-/m1/s1. The molecule has 7 heteroatoms. The average Bonchev–Trinajstić information content (AvgIpc) is 2.48. The van der Waals surface area contributed by atoms with Gasteiger partial charge in [-0.3, -0.25) is 9.59 Å². The van der Waals surface area contributed by atoms with Crippen LogP contribution in [-0.4, -0.2) is 54.1 Å². The van der Waals surface area contributed by atoms with Crippen LogP contribution in [0.5, 0.6) is 0 Å². The molecule has 0 radical (unpaired) electrons. The number of hydrogen-bond donors (Lipinski definition) is 2. The van der Waals surface area contributed by atoms with Gasteiger partial charge in [0, 0.05) is 12.6 Å². The average molecular weight is 311 g/mol. The molecule has 2 aliphatic rings. The van der Waals surface area contributed by atoms with E-state index in [2.05, 4.69) is 10.6 Å². The van der Waals surface area contributed by atoms with Crippen LogP contribution in [0.3, 0.4) is 0 Å². The molecule has 0 unspecified atom stereocenters. The summed E-state index contributed by atoms with van der Waals surface area (Å²) in [6.07, 6.45) is 3.70. The van der Waals surface area contributed by atoms with E-state index in [1.807, 2.05) is 6.92 Å². The topological polar surface area (TPSA) is 87.7 Å². The molecule has 1 aliphatic carbocycles. The van der Waals surface area contributed by atoms with Gasteiger partial charge in [-0.25, -0.2) is 4.79 Å². The Bertz CT molecular complexity index is 441. The van der Waals surface area contributed by atoms with Crippen molar-refractivity contribution in [2.75, 3.05) is 13.2 Å². The highest BCUT2D eigenvalue weighted by molar-refractivity contribution is 5.92. The van der Waals surface area contributed by atoms with Gasteiger partial charge in [0.15, 0.2) is 0 Å². The van der Waals surface area contributed by atoms with Crippen molar-refractivity contribution in [2.45, 2.75) is 64.1 Å². The number of piperazine rings is 1. The minimum Gasteiger partial charge on any atom is -0.466 e. The van der Waals surface area contributed by atoms with Crippen molar-refractivity contribution < 1.29 is 19.1 Å². The fourth-order valence-corrected chi connectivity index (χ4v) is 3.35. The van der Waals surface area contributed by atoms with Gasteiger partial charge in [-0.1, -0.05) is 12.8 Å². The molecule has 0 aromatic carbocycles. The Kier molecular flexibility index (Phi) is 5.63. The highest BCUT2D eigenvalue weighted by Gasteiger charge is 2.45. The van der Waals surface area contributed by atoms with Gasteiger partial charge < -0.3 is 20.3 Å². The van der Waals surface area contributed by atoms with Gasteiger partial charge in [-0.15, -0.1) is 0 Å². The molecule has 1 aliphatic heterocycles. The number of carbonyl (C=O) groups excluding carboxylic acids is 3. The molecule has 2 rings (SSSR count). The van der Waals surface area contributed by atoms with Crippen molar-refractivity contribution in [2.24, 2.45) is 0 Å². The van der Waals surface area contributed by atoms with Gasteiger partial charge in [0.25, 0.3) is 0 Å². The number of esters is 1. The monoisotopic (exact) mass is 311 g/mol. The van der Waals surface area contributed by atoms with E-state index in [1.54, 1.807) is 11.8 Å². The molecule has 0 spiro atoms. The highest BCUT2D eigenvalue weighted by Crippen LogP contribution is 2.29. The molecule has 1 heterocycles. The molecule has 0 aromatic rings. The summed E-state index contributed by atoms with van der Waals surface area (Å²) in [6.45, 7) is 4.30. The van der Waals surface area contributed by atoms with E-state index in [0.29, 0.717) is 6.54 Å². The lowest BCUT2D eigenvalue weighted by atomic mass is 9.85. The van der Waals surface area contributed by atoms with Crippen LogP contribution in [-0.2, 0) is 14.3 Å². The molecule has 0 aromatic heterocycles. The summed E-state index contributed by atoms with van der Waals surface area (Å²) in [7, 11) is 0. The van der Waals surface area contributed by atoms with Crippen LogP contribution >= 0.6 is 0 Å². The van der Waals surface area contributed by atoms with Crippen LogP contribution in [0.4, 0.5) is 4.79 Å². The smallest absolute Gasteiger partial charge is 0.318 e. The molecule has 2 N–H and O–H groups in total. The maximum Gasteiger partial charge on any atom is 0.318 e. The number of urea groups is 1. The Labute approximate surface area is 130 Å². The van der Waals surface area contributed by atoms with E-state index in [9.17, 15) is 14.4 Å². The largest absolute Gasteiger partial charge is 0.466 e. The second-order valence-corrected chi connectivity index (χ2v) is 5.73. The Morgan fingerprint density at radius 2 is 2.05 bits per heavy atom. The van der Waals surface area contributed by atoms with Crippen LogP contribution in [0.2, 0.25) is 0 Å². The second kappa shape index (κ2) is 7.47. The van der Waals surface area contributed by atoms with Crippen molar-refractivity contribution in [3.05, 3.63) is 0 Å². The molecule has 1 saturated heterocycles. The SMILES string of the molecule is CCNC(=O)N1[C@H](CC(=O)OCC)C(=O)N[C@@H]2CCCC[C@@H]21. The van der Waals surface area contributed by atoms with Gasteiger partial charge in [0.2, 0.25) is 5.91 Å². The van der Waals surface area contributed by atoms with Gasteiger partial charge in [-0.2, -0.15) is 0 Å². The number of ether oxygens (including phenoxy) is 1. The van der Waals surface area contributed by atoms with E-state index in [1.165, 1.54) is 0 Å². The lowest BCUT2D eigenvalue weighted by Crippen LogP contribution is -2.69. The maximum absolute atomic E-state index is 12.4. The highest BCUT2D eigenvalue weighted by atomic mass is 16.5. The molecule has 3 atom stereocenters. The van der Waals surface area contributed by atoms with Gasteiger partial charge in [0.05, 0.1) is 19.1 Å². The summed E-state index contributed by atoms with van der Waals surface area (Å²) < 4.78 is 4.94. The zero-order valence-corrected chi connectivity index (χ0v) is 13.3. The van der Waals surface area contributed by atoms with Crippen LogP contribution < -0.4 is 10.6 Å². The summed E-state index contributed by atoms with van der Waals surface area (Å²) in [5, 5.41) is 5.73. The molecule has 1 saturated carbocycles. The van der Waals surface area contributed by atoms with Crippen LogP contribution in [0.15, 0.2) is 0 Å². The third-order valence-corrected chi connectivity index (χ3v) is 4.28. The predicted molar refractivity (Wildman–Crippen MR) is 80.1 cm³/mol. The minimum atomic E-state index is -0.787. The lowest BCUT2D eigenvalue weighted by molar-refractivity contribution is -0.148. The van der Waals surface area contributed by atoms with E-state index in [4.69, 9.17) is 4.74 Å². The summed E-state index contributed by atoms with van der Waals surface area (Å²) in [5.41, 5.74) is 0. The fourth-order valence-electron chi connectivity index (χ4n) is 3.35. The summed E-state index contributed by atoms with van der Waals surface area (Å²) in [5.74, 6) is -0.714. The Morgan fingerprint density at radius 3 is 2.73 bits per heavy atom. The molecule has 3 amide bonds. The van der Waals surface area contributed by atoms with E-state index in [0.717, 1.165) is 25.7 Å². The normalized spacial score (nSPS) is 27.6. The number of carbonyl (C=O) groups is 3. The van der Waals surface area contributed by atoms with Crippen molar-refractivity contribution in [1.82, 2.24) is 15.5 Å². The number of hydrogen-bond acceptors (Lipinski definition) is 4. The van der Waals surface area contributed by atoms with Crippen molar-refractivity contribution in [3.63, 3.8) is 0 Å². The fraction of sp³-hybridized carbons (Fsp3) is 0.800. The van der Waals surface area contributed by atoms with Gasteiger partial charge >= 0.3 is 12.0 Å². The first-order valence-electron chi connectivity index (χ1n) is 8.10. The lowest BCUT2D eigenvalue weighted by Gasteiger charge is -2.47. The third-order valence-electron chi connectivity index (χ3n) is 4.28. The number of nitrogens with one attached hydrogen (secondary N) is 2. The van der Waals surface area contributed by atoms with Crippen molar-refractivity contribution in [3.8, 4) is 0 Å². The number of fused-ring (bicyclic) bond motifs is 1. The Hall–Kier alpha value is -1.79. The summed E-state index contributed by atoms with van der Waals surface area (Å²) in [6, 6.07) is -1.12. The first kappa shape index (κ1) is 16.6. The number of amides is 3. The molecule has 0 bridgehead atoms. The first-order chi connectivity index (χ1) is 10.6. The predicted octanol–water partition coefficient (Wildman–Crippen LogP) is 0.781. The Balaban J connectivity index is 2.20. The minimum absolute atomic E-state index is 0.0118. The van der Waals surface area contributed by atoms with Crippen molar-refractivity contribution >= 4 is 17.9 Å². The molecule has 124 valence electrons. The molecule has 2 fully saturated rings. The summed E-state index contributed by atoms with van der Waals surface area (Å²) >= 11 is 0.